The van der Waals surface area contributed by atoms with Gasteiger partial charge < -0.3 is 0 Å². The number of rotatable bonds is 5. The van der Waals surface area contributed by atoms with Crippen molar-refractivity contribution in [2.75, 3.05) is 0 Å². The summed E-state index contributed by atoms with van der Waals surface area (Å²) in [5.41, 5.74) is 2.48. The van der Waals surface area contributed by atoms with Crippen molar-refractivity contribution in [2.45, 2.75) is 31.6 Å². The zero-order chi connectivity index (χ0) is 13.8. The molecule has 0 atom stereocenters. The Morgan fingerprint density at radius 2 is 1.40 bits per heavy atom. The molecule has 2 aromatic carbocycles. The highest BCUT2D eigenvalue weighted by atomic mass is 16.1. The number of carbonyl (C=O) groups is 1. The van der Waals surface area contributed by atoms with Gasteiger partial charge in [0.15, 0.2) is 0 Å². The Balaban J connectivity index is 1.85. The molecule has 102 valence electrons. The summed E-state index contributed by atoms with van der Waals surface area (Å²) in [7, 11) is 0. The van der Waals surface area contributed by atoms with Crippen LogP contribution in [-0.2, 0) is 4.79 Å². The van der Waals surface area contributed by atoms with Gasteiger partial charge in [0.25, 0.3) is 0 Å². The fourth-order valence-corrected chi connectivity index (χ4v) is 2.90. The molecule has 0 aliphatic heterocycles. The molecule has 1 nitrogen and oxygen atoms in total. The first-order chi connectivity index (χ1) is 9.84. The third-order valence-electron chi connectivity index (χ3n) is 4.37. The van der Waals surface area contributed by atoms with Crippen LogP contribution in [0, 0.1) is 5.92 Å². The van der Waals surface area contributed by atoms with Crippen molar-refractivity contribution in [3.05, 3.63) is 71.8 Å². The van der Waals surface area contributed by atoms with E-state index in [0.29, 0.717) is 18.1 Å². The minimum atomic E-state index is 0.200. The van der Waals surface area contributed by atoms with E-state index >= 15 is 0 Å². The van der Waals surface area contributed by atoms with Crippen molar-refractivity contribution in [1.82, 2.24) is 0 Å². The molecule has 0 amide bonds. The fraction of sp³-hybridized carbons (Fsp3) is 0.316. The summed E-state index contributed by atoms with van der Waals surface area (Å²) in [5.74, 6) is 0.962. The Labute approximate surface area is 120 Å². The van der Waals surface area contributed by atoms with Crippen LogP contribution in [0.3, 0.4) is 0 Å². The lowest BCUT2D eigenvalue weighted by molar-refractivity contribution is -0.125. The van der Waals surface area contributed by atoms with Crippen molar-refractivity contribution in [2.24, 2.45) is 5.92 Å². The Hall–Kier alpha value is -1.89. The molecule has 0 N–H and O–H groups in total. The quantitative estimate of drug-likeness (QED) is 0.772. The molecule has 1 aliphatic rings. The van der Waals surface area contributed by atoms with Crippen LogP contribution in [0.2, 0.25) is 0 Å². The summed E-state index contributed by atoms with van der Waals surface area (Å²) >= 11 is 0. The van der Waals surface area contributed by atoms with Gasteiger partial charge in [-0.25, -0.2) is 0 Å². The molecule has 0 spiro atoms. The monoisotopic (exact) mass is 264 g/mol. The van der Waals surface area contributed by atoms with Gasteiger partial charge in [0.1, 0.15) is 5.78 Å². The maximum Gasteiger partial charge on any atom is 0.136 e. The SMILES string of the molecule is O=C(CC(c1ccccc1)c1ccccc1)C1CCC1. The summed E-state index contributed by atoms with van der Waals surface area (Å²) in [6, 6.07) is 20.8. The van der Waals surface area contributed by atoms with Crippen LogP contribution in [-0.4, -0.2) is 5.78 Å². The standard InChI is InChI=1S/C19H20O/c20-19(17-12-7-13-17)14-18(15-8-3-1-4-9-15)16-10-5-2-6-11-16/h1-6,8-11,17-18H,7,12-14H2. The van der Waals surface area contributed by atoms with Crippen molar-refractivity contribution in [1.29, 1.82) is 0 Å². The molecule has 1 fully saturated rings. The molecule has 1 aliphatic carbocycles. The van der Waals surface area contributed by atoms with E-state index in [2.05, 4.69) is 48.5 Å². The molecule has 0 bridgehead atoms. The number of carbonyl (C=O) groups excluding carboxylic acids is 1. The second-order valence-corrected chi connectivity index (χ2v) is 5.67. The van der Waals surface area contributed by atoms with Crippen LogP contribution in [0.25, 0.3) is 0 Å². The lowest BCUT2D eigenvalue weighted by Gasteiger charge is -2.26. The molecule has 2 aromatic rings. The minimum Gasteiger partial charge on any atom is -0.299 e. The van der Waals surface area contributed by atoms with Gasteiger partial charge in [-0.2, -0.15) is 0 Å². The molecule has 20 heavy (non-hydrogen) atoms. The Kier molecular flexibility index (Phi) is 3.96. The van der Waals surface area contributed by atoms with Crippen LogP contribution in [0.5, 0.6) is 0 Å². The van der Waals surface area contributed by atoms with E-state index in [9.17, 15) is 4.79 Å². The first-order valence-corrected chi connectivity index (χ1v) is 7.47. The average Bonchev–Trinajstić information content (AvgIpc) is 2.45. The normalized spacial score (nSPS) is 15.1. The zero-order valence-electron chi connectivity index (χ0n) is 11.7. The fourth-order valence-electron chi connectivity index (χ4n) is 2.90. The highest BCUT2D eigenvalue weighted by Crippen LogP contribution is 2.34. The number of benzene rings is 2. The van der Waals surface area contributed by atoms with Crippen LogP contribution in [0.15, 0.2) is 60.7 Å². The van der Waals surface area contributed by atoms with Gasteiger partial charge in [-0.3, -0.25) is 4.79 Å². The Morgan fingerprint density at radius 3 is 1.80 bits per heavy atom. The smallest absolute Gasteiger partial charge is 0.136 e. The summed E-state index contributed by atoms with van der Waals surface area (Å²) in [5, 5.41) is 0. The van der Waals surface area contributed by atoms with Crippen LogP contribution < -0.4 is 0 Å². The third kappa shape index (κ3) is 2.82. The van der Waals surface area contributed by atoms with E-state index < -0.39 is 0 Å². The largest absolute Gasteiger partial charge is 0.299 e. The van der Waals surface area contributed by atoms with Crippen molar-refractivity contribution < 1.29 is 4.79 Å². The van der Waals surface area contributed by atoms with Crippen molar-refractivity contribution >= 4 is 5.78 Å². The number of hydrogen-bond donors (Lipinski definition) is 0. The molecule has 0 saturated heterocycles. The second-order valence-electron chi connectivity index (χ2n) is 5.67. The maximum atomic E-state index is 12.4. The van der Waals surface area contributed by atoms with Crippen LogP contribution >= 0.6 is 0 Å². The van der Waals surface area contributed by atoms with E-state index in [1.54, 1.807) is 0 Å². The van der Waals surface area contributed by atoms with Gasteiger partial charge in [-0.1, -0.05) is 67.1 Å². The number of ketones is 1. The van der Waals surface area contributed by atoms with E-state index in [4.69, 9.17) is 0 Å². The van der Waals surface area contributed by atoms with E-state index in [0.717, 1.165) is 12.8 Å². The molecular formula is C19H20O. The van der Waals surface area contributed by atoms with Crippen LogP contribution in [0.4, 0.5) is 0 Å². The topological polar surface area (TPSA) is 17.1 Å². The van der Waals surface area contributed by atoms with E-state index in [1.165, 1.54) is 17.5 Å². The summed E-state index contributed by atoms with van der Waals surface area (Å²) in [6.07, 6.45) is 4.04. The highest BCUT2D eigenvalue weighted by Gasteiger charge is 2.28. The second kappa shape index (κ2) is 6.04. The number of Topliss-reactive ketones (excluding diaryl/α,β-unsaturated/α-hetero) is 1. The summed E-state index contributed by atoms with van der Waals surface area (Å²) in [4.78, 5) is 12.4. The lowest BCUT2D eigenvalue weighted by Crippen LogP contribution is -2.23. The molecule has 0 aromatic heterocycles. The molecule has 3 rings (SSSR count). The average molecular weight is 264 g/mol. The van der Waals surface area contributed by atoms with Gasteiger partial charge in [0, 0.05) is 18.3 Å². The molecular weight excluding hydrogens is 244 g/mol. The maximum absolute atomic E-state index is 12.4. The zero-order valence-corrected chi connectivity index (χ0v) is 11.7. The van der Waals surface area contributed by atoms with E-state index in [1.807, 2.05) is 12.1 Å². The molecule has 1 saturated carbocycles. The summed E-state index contributed by atoms with van der Waals surface area (Å²) < 4.78 is 0. The Morgan fingerprint density at radius 1 is 0.900 bits per heavy atom. The van der Waals surface area contributed by atoms with Gasteiger partial charge in [0.2, 0.25) is 0 Å². The summed E-state index contributed by atoms with van der Waals surface area (Å²) in [6.45, 7) is 0. The predicted molar refractivity (Wildman–Crippen MR) is 81.7 cm³/mol. The van der Waals surface area contributed by atoms with Gasteiger partial charge >= 0.3 is 0 Å². The molecule has 0 unspecified atom stereocenters. The first-order valence-electron chi connectivity index (χ1n) is 7.47. The first kappa shape index (κ1) is 13.1. The predicted octanol–water partition coefficient (Wildman–Crippen LogP) is 4.58. The van der Waals surface area contributed by atoms with E-state index in [-0.39, 0.29) is 5.92 Å². The van der Waals surface area contributed by atoms with Crippen LogP contribution in [0.1, 0.15) is 42.7 Å². The lowest BCUT2D eigenvalue weighted by atomic mass is 9.77. The number of hydrogen-bond acceptors (Lipinski definition) is 1. The molecule has 0 radical (unpaired) electrons. The van der Waals surface area contributed by atoms with Gasteiger partial charge in [-0.15, -0.1) is 0 Å². The van der Waals surface area contributed by atoms with Gasteiger partial charge in [-0.05, 0) is 24.0 Å². The highest BCUT2D eigenvalue weighted by molar-refractivity contribution is 5.83. The molecule has 1 heteroatoms. The minimum absolute atomic E-state index is 0.200. The third-order valence-corrected chi connectivity index (χ3v) is 4.37. The van der Waals surface area contributed by atoms with Crippen molar-refractivity contribution in [3.63, 3.8) is 0 Å². The molecule has 0 heterocycles. The van der Waals surface area contributed by atoms with Gasteiger partial charge in [0.05, 0.1) is 0 Å². The van der Waals surface area contributed by atoms with Crippen molar-refractivity contribution in [3.8, 4) is 0 Å². The Bertz CT molecular complexity index is 515.